The second-order valence-electron chi connectivity index (χ2n) is 3.07. The van der Waals surface area contributed by atoms with Crippen LogP contribution in [0.5, 0.6) is 0 Å². The Kier molecular flexibility index (Phi) is 3.95. The van der Waals surface area contributed by atoms with Crippen LogP contribution >= 0.6 is 15.9 Å². The number of nitrogen functional groups attached to an aromatic ring is 1. The summed E-state index contributed by atoms with van der Waals surface area (Å²) in [7, 11) is 0. The van der Waals surface area contributed by atoms with E-state index in [-0.39, 0.29) is 6.42 Å². The van der Waals surface area contributed by atoms with E-state index in [0.29, 0.717) is 12.1 Å². The molecule has 3 nitrogen and oxygen atoms in total. The van der Waals surface area contributed by atoms with Gasteiger partial charge in [-0.2, -0.15) is 0 Å². The first-order valence-corrected chi connectivity index (χ1v) is 5.15. The van der Waals surface area contributed by atoms with E-state index >= 15 is 0 Å². The Balaban J connectivity index is 2.59. The maximum absolute atomic E-state index is 10.3. The van der Waals surface area contributed by atoms with E-state index in [9.17, 15) is 4.79 Å². The first-order chi connectivity index (χ1) is 6.61. The molecule has 14 heavy (non-hydrogen) atoms. The maximum Gasteiger partial charge on any atom is 0.303 e. The van der Waals surface area contributed by atoms with Crippen LogP contribution in [0.4, 0.5) is 5.69 Å². The van der Waals surface area contributed by atoms with Gasteiger partial charge in [-0.05, 0) is 40.4 Å². The molecule has 0 radical (unpaired) electrons. The Morgan fingerprint density at radius 2 is 2.21 bits per heavy atom. The van der Waals surface area contributed by atoms with E-state index in [4.69, 9.17) is 10.8 Å². The Bertz CT molecular complexity index is 339. The van der Waals surface area contributed by atoms with Gasteiger partial charge in [-0.25, -0.2) is 0 Å². The topological polar surface area (TPSA) is 63.3 Å². The fraction of sp³-hybridized carbons (Fsp3) is 0.300. The average molecular weight is 258 g/mol. The zero-order valence-electron chi connectivity index (χ0n) is 7.66. The molecule has 0 saturated heterocycles. The summed E-state index contributed by atoms with van der Waals surface area (Å²) >= 11 is 3.37. The largest absolute Gasteiger partial charge is 0.481 e. The lowest BCUT2D eigenvalue weighted by Gasteiger charge is -2.05. The molecule has 4 heteroatoms. The monoisotopic (exact) mass is 257 g/mol. The second-order valence-corrected chi connectivity index (χ2v) is 3.86. The smallest absolute Gasteiger partial charge is 0.303 e. The summed E-state index contributed by atoms with van der Waals surface area (Å²) in [4.78, 5) is 10.3. The van der Waals surface area contributed by atoms with Gasteiger partial charge in [-0.15, -0.1) is 0 Å². The van der Waals surface area contributed by atoms with E-state index in [1.165, 1.54) is 0 Å². The molecule has 1 aromatic rings. The zero-order chi connectivity index (χ0) is 10.6. The lowest BCUT2D eigenvalue weighted by atomic mass is 10.1. The standard InChI is InChI=1S/C10H12BrNO2/c11-10-7(3-1-5-8(10)12)4-2-6-9(13)14/h1,3,5H,2,4,6,12H2,(H,13,14). The SMILES string of the molecule is Nc1cccc(CCCC(=O)O)c1Br. The Morgan fingerprint density at radius 3 is 2.86 bits per heavy atom. The number of rotatable bonds is 4. The second kappa shape index (κ2) is 5.00. The average Bonchev–Trinajstić information content (AvgIpc) is 2.12. The summed E-state index contributed by atoms with van der Waals surface area (Å²) < 4.78 is 0.880. The number of carbonyl (C=O) groups is 1. The van der Waals surface area contributed by atoms with Gasteiger partial charge in [0.2, 0.25) is 0 Å². The van der Waals surface area contributed by atoms with Crippen molar-refractivity contribution in [1.29, 1.82) is 0 Å². The van der Waals surface area contributed by atoms with Gasteiger partial charge in [0, 0.05) is 16.6 Å². The Morgan fingerprint density at radius 1 is 1.50 bits per heavy atom. The summed E-state index contributed by atoms with van der Waals surface area (Å²) in [6, 6.07) is 5.63. The van der Waals surface area contributed by atoms with E-state index in [2.05, 4.69) is 15.9 Å². The van der Waals surface area contributed by atoms with Crippen LogP contribution in [0.2, 0.25) is 0 Å². The fourth-order valence-corrected chi connectivity index (χ4v) is 1.69. The molecule has 0 atom stereocenters. The summed E-state index contributed by atoms with van der Waals surface area (Å²) in [5.41, 5.74) is 7.44. The van der Waals surface area contributed by atoms with Gasteiger partial charge in [0.15, 0.2) is 0 Å². The van der Waals surface area contributed by atoms with Gasteiger partial charge < -0.3 is 10.8 Å². The van der Waals surface area contributed by atoms with E-state index < -0.39 is 5.97 Å². The fourth-order valence-electron chi connectivity index (χ4n) is 1.22. The third kappa shape index (κ3) is 3.03. The van der Waals surface area contributed by atoms with Crippen LogP contribution in [0.3, 0.4) is 0 Å². The predicted octanol–water partition coefficient (Wildman–Crippen LogP) is 2.44. The van der Waals surface area contributed by atoms with Crippen molar-refractivity contribution >= 4 is 27.6 Å². The van der Waals surface area contributed by atoms with Gasteiger partial charge in [0.05, 0.1) is 0 Å². The number of benzene rings is 1. The van der Waals surface area contributed by atoms with E-state index in [1.54, 1.807) is 0 Å². The normalized spacial score (nSPS) is 10.1. The number of carboxylic acids is 1. The van der Waals surface area contributed by atoms with Gasteiger partial charge in [-0.1, -0.05) is 12.1 Å². The van der Waals surface area contributed by atoms with Crippen molar-refractivity contribution in [3.63, 3.8) is 0 Å². The molecular weight excluding hydrogens is 246 g/mol. The van der Waals surface area contributed by atoms with Crippen molar-refractivity contribution in [2.45, 2.75) is 19.3 Å². The number of hydrogen-bond donors (Lipinski definition) is 2. The molecular formula is C10H12BrNO2. The minimum Gasteiger partial charge on any atom is -0.481 e. The minimum absolute atomic E-state index is 0.196. The zero-order valence-corrected chi connectivity index (χ0v) is 9.25. The molecule has 0 amide bonds. The van der Waals surface area contributed by atoms with Crippen molar-refractivity contribution in [3.05, 3.63) is 28.2 Å². The number of aliphatic carboxylic acids is 1. The molecule has 0 aliphatic heterocycles. The molecule has 0 aromatic heterocycles. The third-order valence-electron chi connectivity index (χ3n) is 1.95. The first-order valence-electron chi connectivity index (χ1n) is 4.36. The minimum atomic E-state index is -0.759. The molecule has 1 rings (SSSR count). The number of anilines is 1. The number of nitrogens with two attached hydrogens (primary N) is 1. The summed E-state index contributed by atoms with van der Waals surface area (Å²) in [6.45, 7) is 0. The van der Waals surface area contributed by atoms with Crippen LogP contribution in [0, 0.1) is 0 Å². The lowest BCUT2D eigenvalue weighted by molar-refractivity contribution is -0.137. The molecule has 3 N–H and O–H groups in total. The number of aryl methyl sites for hydroxylation is 1. The molecule has 0 bridgehead atoms. The molecule has 76 valence electrons. The number of halogens is 1. The molecule has 0 saturated carbocycles. The predicted molar refractivity (Wildman–Crippen MR) is 59.1 cm³/mol. The molecule has 0 aliphatic carbocycles. The van der Waals surface area contributed by atoms with Crippen molar-refractivity contribution in [1.82, 2.24) is 0 Å². The van der Waals surface area contributed by atoms with Crippen LogP contribution in [0.25, 0.3) is 0 Å². The molecule has 0 heterocycles. The first kappa shape index (κ1) is 11.0. The van der Waals surface area contributed by atoms with Crippen molar-refractivity contribution in [2.75, 3.05) is 5.73 Å². The van der Waals surface area contributed by atoms with E-state index in [1.807, 2.05) is 18.2 Å². The Hall–Kier alpha value is -1.03. The summed E-state index contributed by atoms with van der Waals surface area (Å²) in [5, 5.41) is 8.48. The van der Waals surface area contributed by atoms with Gasteiger partial charge in [0.1, 0.15) is 0 Å². The molecule has 0 aliphatic rings. The number of carboxylic acid groups (broad SMARTS) is 1. The van der Waals surface area contributed by atoms with Gasteiger partial charge in [0.25, 0.3) is 0 Å². The maximum atomic E-state index is 10.3. The van der Waals surface area contributed by atoms with Crippen LogP contribution in [-0.2, 0) is 11.2 Å². The van der Waals surface area contributed by atoms with Crippen molar-refractivity contribution in [3.8, 4) is 0 Å². The highest BCUT2D eigenvalue weighted by molar-refractivity contribution is 9.10. The molecule has 0 spiro atoms. The van der Waals surface area contributed by atoms with Crippen molar-refractivity contribution in [2.24, 2.45) is 0 Å². The number of hydrogen-bond acceptors (Lipinski definition) is 2. The summed E-state index contributed by atoms with van der Waals surface area (Å²) in [6.07, 6.45) is 1.57. The highest BCUT2D eigenvalue weighted by atomic mass is 79.9. The molecule has 1 aromatic carbocycles. The molecule has 0 fully saturated rings. The lowest BCUT2D eigenvalue weighted by Crippen LogP contribution is -1.97. The van der Waals surface area contributed by atoms with Gasteiger partial charge >= 0.3 is 5.97 Å². The van der Waals surface area contributed by atoms with Crippen LogP contribution in [0.1, 0.15) is 18.4 Å². The van der Waals surface area contributed by atoms with Crippen LogP contribution < -0.4 is 5.73 Å². The van der Waals surface area contributed by atoms with Crippen LogP contribution in [0.15, 0.2) is 22.7 Å². The quantitative estimate of drug-likeness (QED) is 0.815. The molecule has 0 unspecified atom stereocenters. The van der Waals surface area contributed by atoms with Crippen molar-refractivity contribution < 1.29 is 9.90 Å². The third-order valence-corrected chi connectivity index (χ3v) is 2.91. The van der Waals surface area contributed by atoms with Crippen LogP contribution in [-0.4, -0.2) is 11.1 Å². The highest BCUT2D eigenvalue weighted by Crippen LogP contribution is 2.24. The Labute approximate surface area is 91.1 Å². The summed E-state index contributed by atoms with van der Waals surface area (Å²) in [5.74, 6) is -0.759. The van der Waals surface area contributed by atoms with E-state index in [0.717, 1.165) is 16.5 Å². The van der Waals surface area contributed by atoms with Gasteiger partial charge in [-0.3, -0.25) is 4.79 Å². The highest BCUT2D eigenvalue weighted by Gasteiger charge is 2.03.